The van der Waals surface area contributed by atoms with Crippen molar-refractivity contribution in [2.45, 2.75) is 52.7 Å². The van der Waals surface area contributed by atoms with Gasteiger partial charge in [-0.3, -0.25) is 4.79 Å². The number of amides is 1. The van der Waals surface area contributed by atoms with E-state index in [1.807, 2.05) is 56.3 Å². The zero-order valence-corrected chi connectivity index (χ0v) is 16.1. The van der Waals surface area contributed by atoms with Gasteiger partial charge in [0.25, 0.3) is 5.91 Å². The van der Waals surface area contributed by atoms with Crippen molar-refractivity contribution in [2.24, 2.45) is 0 Å². The summed E-state index contributed by atoms with van der Waals surface area (Å²) >= 11 is 0. The quantitative estimate of drug-likeness (QED) is 0.677. The van der Waals surface area contributed by atoms with Gasteiger partial charge in [-0.2, -0.15) is 0 Å². The maximum atomic E-state index is 12.2. The number of rotatable bonds is 9. The van der Waals surface area contributed by atoms with E-state index < -0.39 is 0 Å². The number of para-hydroxylation sites is 1. The van der Waals surface area contributed by atoms with E-state index in [0.29, 0.717) is 12.5 Å². The van der Waals surface area contributed by atoms with E-state index in [2.05, 4.69) is 25.2 Å². The third kappa shape index (κ3) is 6.19. The molecular weight excluding hydrogens is 326 g/mol. The molecule has 1 amide bonds. The second kappa shape index (κ2) is 9.97. The monoisotopic (exact) mass is 355 g/mol. The second-order valence-electron chi connectivity index (χ2n) is 6.74. The number of ether oxygens (including phenoxy) is 2. The summed E-state index contributed by atoms with van der Waals surface area (Å²) in [6, 6.07) is 15.6. The van der Waals surface area contributed by atoms with Gasteiger partial charge in [0.1, 0.15) is 5.75 Å². The molecule has 26 heavy (non-hydrogen) atoms. The molecule has 0 aromatic heterocycles. The van der Waals surface area contributed by atoms with Gasteiger partial charge in [0.05, 0.1) is 12.7 Å². The van der Waals surface area contributed by atoms with Crippen molar-refractivity contribution in [1.29, 1.82) is 0 Å². The molecule has 0 aliphatic rings. The minimum atomic E-state index is -0.175. The van der Waals surface area contributed by atoms with Gasteiger partial charge in [-0.25, -0.2) is 0 Å². The Morgan fingerprint density at radius 2 is 1.85 bits per heavy atom. The zero-order valence-electron chi connectivity index (χ0n) is 16.1. The molecule has 2 aromatic carbocycles. The van der Waals surface area contributed by atoms with Gasteiger partial charge in [0, 0.05) is 5.69 Å². The SMILES string of the molecule is CCC(C)c1ccccc1OCC(=O)Nc1cccc(COC(C)C)c1. The number of hydrogen-bond donors (Lipinski definition) is 1. The molecule has 4 heteroatoms. The Bertz CT molecular complexity index is 712. The third-order valence-corrected chi connectivity index (χ3v) is 4.22. The van der Waals surface area contributed by atoms with Gasteiger partial charge in [0.15, 0.2) is 6.61 Å². The first kappa shape index (κ1) is 20.0. The van der Waals surface area contributed by atoms with Crippen LogP contribution in [0.15, 0.2) is 48.5 Å². The van der Waals surface area contributed by atoms with E-state index in [4.69, 9.17) is 9.47 Å². The smallest absolute Gasteiger partial charge is 0.262 e. The van der Waals surface area contributed by atoms with Crippen LogP contribution >= 0.6 is 0 Å². The fourth-order valence-corrected chi connectivity index (χ4v) is 2.58. The molecule has 1 atom stereocenters. The van der Waals surface area contributed by atoms with Crippen molar-refractivity contribution in [3.8, 4) is 5.75 Å². The van der Waals surface area contributed by atoms with Crippen molar-refractivity contribution in [3.63, 3.8) is 0 Å². The fourth-order valence-electron chi connectivity index (χ4n) is 2.58. The van der Waals surface area contributed by atoms with E-state index in [0.717, 1.165) is 29.0 Å². The van der Waals surface area contributed by atoms with E-state index in [9.17, 15) is 4.79 Å². The predicted molar refractivity (Wildman–Crippen MR) is 106 cm³/mol. The fraction of sp³-hybridized carbons (Fsp3) is 0.409. The van der Waals surface area contributed by atoms with Crippen LogP contribution in [0.25, 0.3) is 0 Å². The van der Waals surface area contributed by atoms with Crippen LogP contribution in [0.4, 0.5) is 5.69 Å². The zero-order chi connectivity index (χ0) is 18.9. The Balaban J connectivity index is 1.93. The molecule has 0 aliphatic heterocycles. The van der Waals surface area contributed by atoms with E-state index in [-0.39, 0.29) is 18.6 Å². The van der Waals surface area contributed by atoms with Crippen molar-refractivity contribution in [2.75, 3.05) is 11.9 Å². The molecular formula is C22H29NO3. The number of nitrogens with one attached hydrogen (secondary N) is 1. The van der Waals surface area contributed by atoms with Gasteiger partial charge < -0.3 is 14.8 Å². The van der Waals surface area contributed by atoms with Crippen LogP contribution in [0, 0.1) is 0 Å². The number of hydrogen-bond acceptors (Lipinski definition) is 3. The van der Waals surface area contributed by atoms with Gasteiger partial charge in [-0.1, -0.05) is 44.2 Å². The Hall–Kier alpha value is -2.33. The molecule has 0 radical (unpaired) electrons. The Labute approximate surface area is 156 Å². The highest BCUT2D eigenvalue weighted by Crippen LogP contribution is 2.28. The molecule has 0 spiro atoms. The Kier molecular flexibility index (Phi) is 7.67. The predicted octanol–water partition coefficient (Wildman–Crippen LogP) is 5.14. The lowest BCUT2D eigenvalue weighted by Crippen LogP contribution is -2.20. The first-order valence-electron chi connectivity index (χ1n) is 9.21. The minimum absolute atomic E-state index is 0.0137. The van der Waals surface area contributed by atoms with E-state index in [1.54, 1.807) is 0 Å². The molecule has 4 nitrogen and oxygen atoms in total. The van der Waals surface area contributed by atoms with E-state index in [1.165, 1.54) is 0 Å². The molecule has 1 N–H and O–H groups in total. The average molecular weight is 355 g/mol. The Morgan fingerprint density at radius 3 is 2.58 bits per heavy atom. The Morgan fingerprint density at radius 1 is 1.08 bits per heavy atom. The van der Waals surface area contributed by atoms with Crippen LogP contribution < -0.4 is 10.1 Å². The summed E-state index contributed by atoms with van der Waals surface area (Å²) in [5.41, 5.74) is 2.91. The molecule has 2 rings (SSSR count). The number of benzene rings is 2. The van der Waals surface area contributed by atoms with Crippen LogP contribution in [0.1, 0.15) is 51.2 Å². The maximum absolute atomic E-state index is 12.2. The van der Waals surface area contributed by atoms with Gasteiger partial charge in [-0.15, -0.1) is 0 Å². The molecule has 0 bridgehead atoms. The maximum Gasteiger partial charge on any atom is 0.262 e. The minimum Gasteiger partial charge on any atom is -0.483 e. The summed E-state index contributed by atoms with van der Waals surface area (Å²) in [6.07, 6.45) is 1.20. The number of anilines is 1. The summed E-state index contributed by atoms with van der Waals surface area (Å²) < 4.78 is 11.4. The molecule has 0 saturated carbocycles. The topological polar surface area (TPSA) is 47.6 Å². The molecule has 2 aromatic rings. The largest absolute Gasteiger partial charge is 0.483 e. The molecule has 140 valence electrons. The summed E-state index contributed by atoms with van der Waals surface area (Å²) in [6.45, 7) is 8.82. The lowest BCUT2D eigenvalue weighted by atomic mass is 9.98. The van der Waals surface area contributed by atoms with Crippen molar-refractivity contribution < 1.29 is 14.3 Å². The lowest BCUT2D eigenvalue weighted by molar-refractivity contribution is -0.118. The number of carbonyl (C=O) groups excluding carboxylic acids is 1. The average Bonchev–Trinajstić information content (AvgIpc) is 2.64. The van der Waals surface area contributed by atoms with Crippen molar-refractivity contribution in [1.82, 2.24) is 0 Å². The summed E-state index contributed by atoms with van der Waals surface area (Å²) in [5.74, 6) is 0.994. The summed E-state index contributed by atoms with van der Waals surface area (Å²) in [7, 11) is 0. The van der Waals surface area contributed by atoms with Crippen LogP contribution in [0.2, 0.25) is 0 Å². The standard InChI is InChI=1S/C22H29NO3/c1-5-17(4)20-11-6-7-12-21(20)26-15-22(24)23-19-10-8-9-18(13-19)14-25-16(2)3/h6-13,16-17H,5,14-15H2,1-4H3,(H,23,24). The highest BCUT2D eigenvalue weighted by Gasteiger charge is 2.11. The normalized spacial score (nSPS) is 12.0. The van der Waals surface area contributed by atoms with E-state index >= 15 is 0 Å². The molecule has 0 aliphatic carbocycles. The molecule has 0 fully saturated rings. The van der Waals surface area contributed by atoms with Gasteiger partial charge in [-0.05, 0) is 55.5 Å². The molecule has 0 saturated heterocycles. The first-order valence-corrected chi connectivity index (χ1v) is 9.21. The first-order chi connectivity index (χ1) is 12.5. The highest BCUT2D eigenvalue weighted by molar-refractivity contribution is 5.91. The molecule has 1 unspecified atom stereocenters. The van der Waals surface area contributed by atoms with Crippen molar-refractivity contribution >= 4 is 11.6 Å². The lowest BCUT2D eigenvalue weighted by Gasteiger charge is -2.15. The highest BCUT2D eigenvalue weighted by atomic mass is 16.5. The van der Waals surface area contributed by atoms with Crippen LogP contribution in [0.5, 0.6) is 5.75 Å². The van der Waals surface area contributed by atoms with Crippen LogP contribution in [-0.4, -0.2) is 18.6 Å². The second-order valence-corrected chi connectivity index (χ2v) is 6.74. The summed E-state index contributed by atoms with van der Waals surface area (Å²) in [4.78, 5) is 12.2. The van der Waals surface area contributed by atoms with Gasteiger partial charge in [0.2, 0.25) is 0 Å². The third-order valence-electron chi connectivity index (χ3n) is 4.22. The van der Waals surface area contributed by atoms with Crippen LogP contribution in [0.3, 0.4) is 0 Å². The number of carbonyl (C=O) groups is 1. The molecule has 0 heterocycles. The van der Waals surface area contributed by atoms with Crippen molar-refractivity contribution in [3.05, 3.63) is 59.7 Å². The van der Waals surface area contributed by atoms with Crippen LogP contribution in [-0.2, 0) is 16.1 Å². The van der Waals surface area contributed by atoms with Gasteiger partial charge >= 0.3 is 0 Å². The summed E-state index contributed by atoms with van der Waals surface area (Å²) in [5, 5.41) is 2.88.